The summed E-state index contributed by atoms with van der Waals surface area (Å²) in [5.41, 5.74) is 2.72. The number of amides is 2. The molecule has 1 N–H and O–H groups in total. The van der Waals surface area contributed by atoms with Gasteiger partial charge in [-0.25, -0.2) is 0 Å². The zero-order valence-corrected chi connectivity index (χ0v) is 18.4. The number of hydrogen-bond acceptors (Lipinski definition) is 5. The van der Waals surface area contributed by atoms with Gasteiger partial charge in [-0.15, -0.1) is 0 Å². The molecule has 0 aliphatic carbocycles. The number of methoxy groups -OCH3 is 1. The van der Waals surface area contributed by atoms with E-state index in [9.17, 15) is 9.59 Å². The molecule has 7 nitrogen and oxygen atoms in total. The summed E-state index contributed by atoms with van der Waals surface area (Å²) in [6.07, 6.45) is 3.16. The van der Waals surface area contributed by atoms with E-state index in [1.165, 1.54) is 11.0 Å². The average Bonchev–Trinajstić information content (AvgIpc) is 2.78. The number of piperazine rings is 1. The van der Waals surface area contributed by atoms with Crippen molar-refractivity contribution in [2.24, 2.45) is 0 Å². The zero-order valence-electron chi connectivity index (χ0n) is 18.4. The fraction of sp³-hybridized carbons (Fsp3) is 0.333. The van der Waals surface area contributed by atoms with Crippen molar-refractivity contribution >= 4 is 29.3 Å². The van der Waals surface area contributed by atoms with Crippen LogP contribution in [0.2, 0.25) is 0 Å². The summed E-state index contributed by atoms with van der Waals surface area (Å²) < 4.78 is 5.18. The maximum atomic E-state index is 12.3. The lowest BCUT2D eigenvalue weighted by Crippen LogP contribution is -2.44. The largest absolute Gasteiger partial charge is 0.497 e. The predicted octanol–water partition coefficient (Wildman–Crippen LogP) is 2.56. The van der Waals surface area contributed by atoms with Crippen LogP contribution in [0.5, 0.6) is 5.75 Å². The molecule has 2 amide bonds. The predicted molar refractivity (Wildman–Crippen MR) is 124 cm³/mol. The number of nitrogens with zero attached hydrogens (tertiary/aromatic N) is 3. The van der Waals surface area contributed by atoms with Crippen molar-refractivity contribution < 1.29 is 14.3 Å². The molecule has 0 atom stereocenters. The van der Waals surface area contributed by atoms with Crippen LogP contribution in [0.4, 0.5) is 11.4 Å². The molecule has 0 unspecified atom stereocenters. The normalized spacial score (nSPS) is 14.5. The van der Waals surface area contributed by atoms with E-state index in [4.69, 9.17) is 4.74 Å². The molecule has 0 saturated carbocycles. The molecule has 7 heteroatoms. The van der Waals surface area contributed by atoms with Gasteiger partial charge in [0.2, 0.25) is 11.8 Å². The molecular formula is C24H30N4O3. The number of anilines is 2. The third-order valence-electron chi connectivity index (χ3n) is 5.29. The second-order valence-electron chi connectivity index (χ2n) is 7.69. The summed E-state index contributed by atoms with van der Waals surface area (Å²) in [6.45, 7) is 4.06. The molecule has 0 bridgehead atoms. The summed E-state index contributed by atoms with van der Waals surface area (Å²) in [6, 6.07) is 15.3. The number of nitrogens with one attached hydrogen (secondary N) is 1. The number of likely N-dealkylation sites (N-methyl/N-ethyl adjacent to an activating group) is 2. The molecule has 0 aromatic heterocycles. The molecule has 0 spiro atoms. The van der Waals surface area contributed by atoms with Gasteiger partial charge >= 0.3 is 0 Å². The van der Waals surface area contributed by atoms with E-state index in [0.29, 0.717) is 0 Å². The van der Waals surface area contributed by atoms with Gasteiger partial charge in [0.25, 0.3) is 0 Å². The maximum Gasteiger partial charge on any atom is 0.246 e. The van der Waals surface area contributed by atoms with E-state index in [0.717, 1.165) is 48.9 Å². The third kappa shape index (κ3) is 6.58. The number of carbonyl (C=O) groups excluding carboxylic acids is 2. The quantitative estimate of drug-likeness (QED) is 0.695. The van der Waals surface area contributed by atoms with E-state index in [-0.39, 0.29) is 18.4 Å². The van der Waals surface area contributed by atoms with Gasteiger partial charge in [-0.05, 0) is 55.1 Å². The van der Waals surface area contributed by atoms with E-state index >= 15 is 0 Å². The summed E-state index contributed by atoms with van der Waals surface area (Å²) in [7, 11) is 5.33. The fourth-order valence-electron chi connectivity index (χ4n) is 3.35. The molecule has 1 aliphatic rings. The van der Waals surface area contributed by atoms with Crippen LogP contribution in [-0.2, 0) is 9.59 Å². The van der Waals surface area contributed by atoms with Crippen molar-refractivity contribution in [1.82, 2.24) is 9.80 Å². The van der Waals surface area contributed by atoms with E-state index in [1.807, 2.05) is 48.5 Å². The van der Waals surface area contributed by atoms with Crippen LogP contribution in [0.25, 0.3) is 6.08 Å². The van der Waals surface area contributed by atoms with E-state index in [2.05, 4.69) is 22.2 Å². The molecule has 0 radical (unpaired) electrons. The summed E-state index contributed by atoms with van der Waals surface area (Å²) in [4.78, 5) is 30.7. The van der Waals surface area contributed by atoms with Gasteiger partial charge in [-0.3, -0.25) is 9.59 Å². The number of carbonyl (C=O) groups is 2. The number of hydrogen-bond donors (Lipinski definition) is 1. The van der Waals surface area contributed by atoms with E-state index in [1.54, 1.807) is 20.2 Å². The lowest BCUT2D eigenvalue weighted by molar-refractivity contribution is -0.129. The lowest BCUT2D eigenvalue weighted by atomic mass is 10.2. The third-order valence-corrected chi connectivity index (χ3v) is 5.29. The van der Waals surface area contributed by atoms with E-state index < -0.39 is 0 Å². The molecule has 1 fully saturated rings. The summed E-state index contributed by atoms with van der Waals surface area (Å²) in [5.74, 6) is 0.238. The summed E-state index contributed by atoms with van der Waals surface area (Å²) >= 11 is 0. The highest BCUT2D eigenvalue weighted by Crippen LogP contribution is 2.19. The molecule has 1 aliphatic heterocycles. The molecular weight excluding hydrogens is 392 g/mol. The van der Waals surface area contributed by atoms with Crippen LogP contribution in [0.3, 0.4) is 0 Å². The zero-order chi connectivity index (χ0) is 22.2. The van der Waals surface area contributed by atoms with Gasteiger partial charge < -0.3 is 24.8 Å². The van der Waals surface area contributed by atoms with Gasteiger partial charge in [-0.1, -0.05) is 12.1 Å². The topological polar surface area (TPSA) is 65.1 Å². The van der Waals surface area contributed by atoms with Gasteiger partial charge in [0.05, 0.1) is 13.7 Å². The molecule has 3 rings (SSSR count). The highest BCUT2D eigenvalue weighted by Gasteiger charge is 2.15. The molecule has 2 aromatic carbocycles. The van der Waals surface area contributed by atoms with Gasteiger partial charge in [0, 0.05) is 50.7 Å². The maximum absolute atomic E-state index is 12.3. The van der Waals surface area contributed by atoms with Crippen LogP contribution < -0.4 is 15.0 Å². The Morgan fingerprint density at radius 2 is 1.81 bits per heavy atom. The Balaban J connectivity index is 1.49. The number of ether oxygens (including phenoxy) is 1. The van der Waals surface area contributed by atoms with Crippen molar-refractivity contribution in [1.29, 1.82) is 0 Å². The first-order valence-electron chi connectivity index (χ1n) is 10.4. The second-order valence-corrected chi connectivity index (χ2v) is 7.69. The Bertz CT molecular complexity index is 919. The monoisotopic (exact) mass is 422 g/mol. The highest BCUT2D eigenvalue weighted by molar-refractivity contribution is 5.98. The minimum atomic E-state index is -0.247. The Kier molecular flexibility index (Phi) is 7.67. The van der Waals surface area contributed by atoms with Crippen LogP contribution in [0, 0.1) is 0 Å². The first kappa shape index (κ1) is 22.4. The lowest BCUT2D eigenvalue weighted by Gasteiger charge is -2.34. The minimum Gasteiger partial charge on any atom is -0.497 e. The Morgan fingerprint density at radius 1 is 1.10 bits per heavy atom. The Morgan fingerprint density at radius 3 is 2.48 bits per heavy atom. The molecule has 2 aromatic rings. The smallest absolute Gasteiger partial charge is 0.246 e. The van der Waals surface area contributed by atoms with Crippen molar-refractivity contribution in [3.63, 3.8) is 0 Å². The molecule has 164 valence electrons. The standard InChI is InChI=1S/C24H30N4O3/c1-26-13-15-28(16-14-26)21-10-8-20(9-11-21)25-23(29)18-27(2)24(30)12-7-19-5-4-6-22(17-19)31-3/h4-12,17H,13-16,18H2,1-3H3,(H,25,29)/b12-7+. The van der Waals surface area contributed by atoms with Crippen molar-refractivity contribution in [2.75, 3.05) is 64.1 Å². The average molecular weight is 423 g/mol. The van der Waals surface area contributed by atoms with Crippen molar-refractivity contribution in [3.05, 3.63) is 60.2 Å². The summed E-state index contributed by atoms with van der Waals surface area (Å²) in [5, 5.41) is 2.85. The highest BCUT2D eigenvalue weighted by atomic mass is 16.5. The SMILES string of the molecule is COc1cccc(/C=C/C(=O)N(C)CC(=O)Nc2ccc(N3CCN(C)CC3)cc2)c1. The van der Waals surface area contributed by atoms with Gasteiger partial charge in [-0.2, -0.15) is 0 Å². The van der Waals surface area contributed by atoms with Crippen LogP contribution >= 0.6 is 0 Å². The van der Waals surface area contributed by atoms with Crippen LogP contribution in [0.15, 0.2) is 54.6 Å². The number of rotatable bonds is 7. The minimum absolute atomic E-state index is 0.0263. The molecule has 1 heterocycles. The van der Waals surface area contributed by atoms with Crippen molar-refractivity contribution in [3.8, 4) is 5.75 Å². The van der Waals surface area contributed by atoms with Crippen LogP contribution in [0.1, 0.15) is 5.56 Å². The first-order valence-corrected chi connectivity index (χ1v) is 10.4. The molecule has 31 heavy (non-hydrogen) atoms. The number of benzene rings is 2. The van der Waals surface area contributed by atoms with Gasteiger partial charge in [0.1, 0.15) is 5.75 Å². The second kappa shape index (κ2) is 10.6. The Labute approximate surface area is 183 Å². The van der Waals surface area contributed by atoms with Gasteiger partial charge in [0.15, 0.2) is 0 Å². The fourth-order valence-corrected chi connectivity index (χ4v) is 3.35. The first-order chi connectivity index (χ1) is 14.9. The van der Waals surface area contributed by atoms with Crippen molar-refractivity contribution in [2.45, 2.75) is 0 Å². The molecule has 1 saturated heterocycles. The Hall–Kier alpha value is -3.32. The van der Waals surface area contributed by atoms with Crippen LogP contribution in [-0.4, -0.2) is 75.5 Å².